The quantitative estimate of drug-likeness (QED) is 0.269. The summed E-state index contributed by atoms with van der Waals surface area (Å²) in [5, 5.41) is 9.66. The molecule has 0 aromatic carbocycles. The lowest BCUT2D eigenvalue weighted by atomic mass is 10.4. The minimum atomic E-state index is -0.671. The van der Waals surface area contributed by atoms with Gasteiger partial charge in [0.05, 0.1) is 12.6 Å². The van der Waals surface area contributed by atoms with Crippen molar-refractivity contribution in [2.45, 2.75) is 13.0 Å². The monoisotopic (exact) mass is 174 g/mol. The van der Waals surface area contributed by atoms with E-state index in [2.05, 4.69) is 11.3 Å². The number of amides is 1. The van der Waals surface area contributed by atoms with E-state index in [4.69, 9.17) is 10.9 Å². The molecule has 0 saturated carbocycles. The minimum absolute atomic E-state index is 0.0516. The third kappa shape index (κ3) is 4.70. The lowest BCUT2D eigenvalue weighted by Gasteiger charge is -2.16. The van der Waals surface area contributed by atoms with Crippen LogP contribution in [0.3, 0.4) is 0 Å². The molecule has 0 heterocycles. The first kappa shape index (κ1) is 10.9. The number of carbonyl (C=O) groups is 1. The number of hydrogen-bond acceptors (Lipinski definition) is 4. The first-order valence-electron chi connectivity index (χ1n) is 3.56. The maximum atomic E-state index is 10.9. The molecule has 0 fully saturated rings. The number of hydrogen-bond donors (Lipinski definition) is 2. The molecule has 1 atom stereocenters. The van der Waals surface area contributed by atoms with E-state index in [1.54, 1.807) is 0 Å². The molecule has 5 nitrogen and oxygen atoms in total. The number of ether oxygens (including phenoxy) is 1. The Morgan fingerprint density at radius 2 is 2.50 bits per heavy atom. The largest absolute Gasteiger partial charge is 0.444 e. The molecule has 0 aromatic rings. The molecule has 0 aromatic heterocycles. The smallest absolute Gasteiger partial charge is 0.424 e. The number of hydrazine groups is 1. The van der Waals surface area contributed by atoms with Crippen molar-refractivity contribution in [3.05, 3.63) is 12.7 Å². The molecule has 5 heteroatoms. The standard InChI is InChI=1S/C7H14N2O3/c1-3-4-12-7(11)9(8)5-6(2)10/h3,6,10H,1,4-5,8H2,2H3/t6-/m0/s1. The van der Waals surface area contributed by atoms with Crippen LogP contribution in [0.25, 0.3) is 0 Å². The van der Waals surface area contributed by atoms with Crippen LogP contribution in [0.4, 0.5) is 4.79 Å². The maximum Gasteiger partial charge on any atom is 0.424 e. The van der Waals surface area contributed by atoms with Crippen molar-refractivity contribution in [3.8, 4) is 0 Å². The van der Waals surface area contributed by atoms with Gasteiger partial charge in [0, 0.05) is 0 Å². The molecule has 0 saturated heterocycles. The Hall–Kier alpha value is -1.07. The Kier molecular flexibility index (Phi) is 5.07. The third-order valence-corrected chi connectivity index (χ3v) is 1.02. The number of carbonyl (C=O) groups excluding carboxylic acids is 1. The highest BCUT2D eigenvalue weighted by Crippen LogP contribution is 1.90. The minimum Gasteiger partial charge on any atom is -0.444 e. The second kappa shape index (κ2) is 5.56. The van der Waals surface area contributed by atoms with Gasteiger partial charge in [-0.1, -0.05) is 12.7 Å². The zero-order chi connectivity index (χ0) is 9.56. The van der Waals surface area contributed by atoms with Crippen molar-refractivity contribution in [2.75, 3.05) is 13.2 Å². The molecule has 3 N–H and O–H groups in total. The highest BCUT2D eigenvalue weighted by molar-refractivity contribution is 5.66. The molecule has 1 amide bonds. The number of nitrogens with zero attached hydrogens (tertiary/aromatic N) is 1. The van der Waals surface area contributed by atoms with E-state index in [9.17, 15) is 4.79 Å². The van der Waals surface area contributed by atoms with Crippen LogP contribution in [0, 0.1) is 0 Å². The highest BCUT2D eigenvalue weighted by atomic mass is 16.6. The molecule has 70 valence electrons. The molecule has 0 spiro atoms. The number of aliphatic hydroxyl groups is 1. The van der Waals surface area contributed by atoms with Crippen molar-refractivity contribution in [1.29, 1.82) is 0 Å². The summed E-state index contributed by atoms with van der Waals surface area (Å²) in [4.78, 5) is 10.9. The topological polar surface area (TPSA) is 75.8 Å². The fourth-order valence-corrected chi connectivity index (χ4v) is 0.572. The highest BCUT2D eigenvalue weighted by Gasteiger charge is 2.11. The molecular weight excluding hydrogens is 160 g/mol. The van der Waals surface area contributed by atoms with Gasteiger partial charge in [-0.15, -0.1) is 0 Å². The van der Waals surface area contributed by atoms with Crippen molar-refractivity contribution < 1.29 is 14.6 Å². The fraction of sp³-hybridized carbons (Fsp3) is 0.571. The third-order valence-electron chi connectivity index (χ3n) is 1.02. The van der Waals surface area contributed by atoms with Crippen molar-refractivity contribution in [3.63, 3.8) is 0 Å². The SMILES string of the molecule is C=CCOC(=O)N(N)C[C@H](C)O. The first-order valence-corrected chi connectivity index (χ1v) is 3.56. The van der Waals surface area contributed by atoms with E-state index >= 15 is 0 Å². The van der Waals surface area contributed by atoms with Crippen molar-refractivity contribution >= 4 is 6.09 Å². The van der Waals surface area contributed by atoms with Gasteiger partial charge < -0.3 is 9.84 Å². The van der Waals surface area contributed by atoms with E-state index in [1.807, 2.05) is 0 Å². The number of rotatable bonds is 4. The summed E-state index contributed by atoms with van der Waals surface area (Å²) in [6, 6.07) is 0. The van der Waals surface area contributed by atoms with Gasteiger partial charge in [0.25, 0.3) is 0 Å². The molecule has 0 rings (SSSR count). The van der Waals surface area contributed by atoms with Crippen LogP contribution >= 0.6 is 0 Å². The van der Waals surface area contributed by atoms with Gasteiger partial charge in [0.2, 0.25) is 0 Å². The summed E-state index contributed by atoms with van der Waals surface area (Å²) >= 11 is 0. The predicted octanol–water partition coefficient (Wildman–Crippen LogP) is -0.134. The maximum absolute atomic E-state index is 10.9. The summed E-state index contributed by atoms with van der Waals surface area (Å²) in [6.07, 6.45) is 0.107. The second-order valence-corrected chi connectivity index (χ2v) is 2.37. The molecule has 0 unspecified atom stereocenters. The van der Waals surface area contributed by atoms with Gasteiger partial charge in [-0.05, 0) is 6.92 Å². The molecule has 0 aliphatic rings. The average Bonchev–Trinajstić information content (AvgIpc) is 1.98. The average molecular weight is 174 g/mol. The van der Waals surface area contributed by atoms with Gasteiger partial charge >= 0.3 is 6.09 Å². The Morgan fingerprint density at radius 3 is 2.92 bits per heavy atom. The normalized spacial score (nSPS) is 11.9. The van der Waals surface area contributed by atoms with Crippen molar-refractivity contribution in [1.82, 2.24) is 5.01 Å². The lowest BCUT2D eigenvalue weighted by molar-refractivity contribution is 0.0847. The van der Waals surface area contributed by atoms with Crippen LogP contribution in [0.1, 0.15) is 6.92 Å². The summed E-state index contributed by atoms with van der Waals surface area (Å²) in [6.45, 7) is 5.06. The molecule has 12 heavy (non-hydrogen) atoms. The molecule has 0 aliphatic heterocycles. The van der Waals surface area contributed by atoms with Gasteiger partial charge in [0.15, 0.2) is 0 Å². The Morgan fingerprint density at radius 1 is 1.92 bits per heavy atom. The van der Waals surface area contributed by atoms with E-state index < -0.39 is 12.2 Å². The second-order valence-electron chi connectivity index (χ2n) is 2.37. The van der Waals surface area contributed by atoms with Gasteiger partial charge in [-0.3, -0.25) is 0 Å². The van der Waals surface area contributed by atoms with Crippen LogP contribution in [0.2, 0.25) is 0 Å². The fourth-order valence-electron chi connectivity index (χ4n) is 0.572. The zero-order valence-corrected chi connectivity index (χ0v) is 7.06. The van der Waals surface area contributed by atoms with Crippen LogP contribution in [0.15, 0.2) is 12.7 Å². The van der Waals surface area contributed by atoms with E-state index in [0.717, 1.165) is 5.01 Å². The van der Waals surface area contributed by atoms with E-state index in [1.165, 1.54) is 13.0 Å². The summed E-state index contributed by atoms with van der Waals surface area (Å²) in [5.74, 6) is 5.22. The van der Waals surface area contributed by atoms with Crippen LogP contribution < -0.4 is 5.84 Å². The van der Waals surface area contributed by atoms with Crippen molar-refractivity contribution in [2.24, 2.45) is 5.84 Å². The predicted molar refractivity (Wildman–Crippen MR) is 44.1 cm³/mol. The zero-order valence-electron chi connectivity index (χ0n) is 7.06. The molecule has 0 radical (unpaired) electrons. The Balaban J connectivity index is 3.68. The lowest BCUT2D eigenvalue weighted by Crippen LogP contribution is -2.42. The summed E-state index contributed by atoms with van der Waals surface area (Å²) in [7, 11) is 0. The Bertz CT molecular complexity index is 159. The van der Waals surface area contributed by atoms with Crippen LogP contribution in [0.5, 0.6) is 0 Å². The van der Waals surface area contributed by atoms with Crippen LogP contribution in [-0.2, 0) is 4.74 Å². The van der Waals surface area contributed by atoms with Gasteiger partial charge in [-0.25, -0.2) is 15.6 Å². The van der Waals surface area contributed by atoms with Gasteiger partial charge in [0.1, 0.15) is 6.61 Å². The molecular formula is C7H14N2O3. The van der Waals surface area contributed by atoms with Gasteiger partial charge in [-0.2, -0.15) is 0 Å². The number of aliphatic hydroxyl groups excluding tert-OH is 1. The van der Waals surface area contributed by atoms with Crippen LogP contribution in [-0.4, -0.2) is 35.5 Å². The molecule has 0 bridgehead atoms. The Labute approximate surface area is 71.4 Å². The number of nitrogens with two attached hydrogens (primary N) is 1. The van der Waals surface area contributed by atoms with E-state index in [-0.39, 0.29) is 13.2 Å². The summed E-state index contributed by atoms with van der Waals surface area (Å²) < 4.78 is 4.59. The summed E-state index contributed by atoms with van der Waals surface area (Å²) in [5.41, 5.74) is 0. The first-order chi connectivity index (χ1) is 5.57. The van der Waals surface area contributed by atoms with E-state index in [0.29, 0.717) is 0 Å². The molecule has 0 aliphatic carbocycles.